The molecule has 1 aromatic carbocycles. The number of halogens is 2. The molecule has 2 aromatic rings. The molecule has 96 valence electrons. The highest BCUT2D eigenvalue weighted by molar-refractivity contribution is 5.45. The van der Waals surface area contributed by atoms with E-state index < -0.39 is 17.7 Å². The van der Waals surface area contributed by atoms with E-state index in [1.165, 1.54) is 23.0 Å². The van der Waals surface area contributed by atoms with Crippen molar-refractivity contribution in [2.75, 3.05) is 5.73 Å². The summed E-state index contributed by atoms with van der Waals surface area (Å²) in [6.45, 7) is 0. The zero-order valence-corrected chi connectivity index (χ0v) is 9.69. The number of anilines is 1. The lowest BCUT2D eigenvalue weighted by molar-refractivity contribution is 0.483. The highest BCUT2D eigenvalue weighted by Gasteiger charge is 2.22. The maximum absolute atomic E-state index is 13.7. The minimum atomic E-state index is -0.955. The number of aromatic nitrogens is 2. The number of benzene rings is 1. The molecule has 7 heteroatoms. The van der Waals surface area contributed by atoms with Crippen LogP contribution in [0, 0.1) is 11.6 Å². The van der Waals surface area contributed by atoms with Crippen LogP contribution in [0.5, 0.6) is 0 Å². The van der Waals surface area contributed by atoms with Gasteiger partial charge in [-0.3, -0.25) is 10.5 Å². The van der Waals surface area contributed by atoms with Crippen LogP contribution < -0.4 is 17.0 Å². The Morgan fingerprint density at radius 1 is 1.33 bits per heavy atom. The molecule has 0 saturated heterocycles. The first-order valence-corrected chi connectivity index (χ1v) is 5.23. The molecule has 0 saturated carbocycles. The van der Waals surface area contributed by atoms with E-state index in [2.05, 4.69) is 10.5 Å². The quantitative estimate of drug-likeness (QED) is 0.559. The number of rotatable bonds is 3. The second kappa shape index (κ2) is 4.71. The van der Waals surface area contributed by atoms with Gasteiger partial charge in [0.2, 0.25) is 0 Å². The molecule has 1 heterocycles. The molecule has 2 rings (SSSR count). The standard InChI is InChI=1S/C11H13F2N5/c1-18-11(14)7(5-16-18)10(17-15)6-3-2-4-8(12)9(6)13/h2-5,10,17H,14-15H2,1H3. The minimum Gasteiger partial charge on any atom is -0.384 e. The summed E-state index contributed by atoms with van der Waals surface area (Å²) in [4.78, 5) is 0. The van der Waals surface area contributed by atoms with Crippen LogP contribution in [0.4, 0.5) is 14.6 Å². The average molecular weight is 253 g/mol. The van der Waals surface area contributed by atoms with Crippen LogP contribution in [-0.4, -0.2) is 9.78 Å². The molecule has 0 aliphatic heterocycles. The molecule has 5 N–H and O–H groups in total. The lowest BCUT2D eigenvalue weighted by atomic mass is 10.0. The van der Waals surface area contributed by atoms with Gasteiger partial charge in [0, 0.05) is 18.2 Å². The lowest BCUT2D eigenvalue weighted by Crippen LogP contribution is -2.30. The number of nitrogen functional groups attached to an aromatic ring is 1. The number of nitrogens with one attached hydrogen (secondary N) is 1. The van der Waals surface area contributed by atoms with E-state index in [9.17, 15) is 8.78 Å². The van der Waals surface area contributed by atoms with Crippen LogP contribution >= 0.6 is 0 Å². The van der Waals surface area contributed by atoms with E-state index in [0.717, 1.165) is 6.07 Å². The fourth-order valence-electron chi connectivity index (χ4n) is 1.78. The molecule has 0 fully saturated rings. The lowest BCUT2D eigenvalue weighted by Gasteiger charge is -2.16. The summed E-state index contributed by atoms with van der Waals surface area (Å²) in [6, 6.07) is 3.13. The van der Waals surface area contributed by atoms with Gasteiger partial charge < -0.3 is 5.73 Å². The fraction of sp³-hybridized carbons (Fsp3) is 0.182. The number of hydrogen-bond acceptors (Lipinski definition) is 4. The summed E-state index contributed by atoms with van der Waals surface area (Å²) in [7, 11) is 1.65. The molecule has 5 nitrogen and oxygen atoms in total. The minimum absolute atomic E-state index is 0.0807. The Bertz CT molecular complexity index is 567. The van der Waals surface area contributed by atoms with Crippen molar-refractivity contribution in [1.82, 2.24) is 15.2 Å². The van der Waals surface area contributed by atoms with E-state index in [0.29, 0.717) is 11.4 Å². The van der Waals surface area contributed by atoms with Gasteiger partial charge in [0.05, 0.1) is 12.2 Å². The average Bonchev–Trinajstić information content (AvgIpc) is 2.68. The molecule has 1 atom stereocenters. The monoisotopic (exact) mass is 253 g/mol. The first-order valence-electron chi connectivity index (χ1n) is 5.23. The Balaban J connectivity index is 2.52. The third-order valence-electron chi connectivity index (χ3n) is 2.78. The van der Waals surface area contributed by atoms with Gasteiger partial charge in [-0.2, -0.15) is 5.10 Å². The number of hydrogen-bond donors (Lipinski definition) is 3. The second-order valence-electron chi connectivity index (χ2n) is 3.85. The van der Waals surface area contributed by atoms with E-state index in [-0.39, 0.29) is 5.56 Å². The maximum atomic E-state index is 13.7. The van der Waals surface area contributed by atoms with Crippen molar-refractivity contribution >= 4 is 5.82 Å². The van der Waals surface area contributed by atoms with Crippen molar-refractivity contribution in [2.45, 2.75) is 6.04 Å². The van der Waals surface area contributed by atoms with Gasteiger partial charge in [0.15, 0.2) is 11.6 Å². The normalized spacial score (nSPS) is 12.7. The summed E-state index contributed by atoms with van der Waals surface area (Å²) < 4.78 is 28.4. The molecular weight excluding hydrogens is 240 g/mol. The molecule has 0 radical (unpaired) electrons. The Labute approximate surface area is 102 Å². The molecule has 1 unspecified atom stereocenters. The molecule has 18 heavy (non-hydrogen) atoms. The molecule has 0 amide bonds. The van der Waals surface area contributed by atoms with Crippen LogP contribution in [0.2, 0.25) is 0 Å². The van der Waals surface area contributed by atoms with Crippen LogP contribution in [0.25, 0.3) is 0 Å². The maximum Gasteiger partial charge on any atom is 0.163 e. The third-order valence-corrected chi connectivity index (χ3v) is 2.78. The molecule has 0 aliphatic rings. The summed E-state index contributed by atoms with van der Waals surface area (Å²) in [6.07, 6.45) is 1.46. The van der Waals surface area contributed by atoms with Crippen molar-refractivity contribution in [3.63, 3.8) is 0 Å². The van der Waals surface area contributed by atoms with Crippen molar-refractivity contribution in [2.24, 2.45) is 12.9 Å². The smallest absolute Gasteiger partial charge is 0.163 e. The molecule has 0 spiro atoms. The van der Waals surface area contributed by atoms with Gasteiger partial charge >= 0.3 is 0 Å². The van der Waals surface area contributed by atoms with Crippen LogP contribution in [0.1, 0.15) is 17.2 Å². The van der Waals surface area contributed by atoms with Crippen LogP contribution in [0.3, 0.4) is 0 Å². The molecule has 0 bridgehead atoms. The summed E-state index contributed by atoms with van der Waals surface area (Å²) in [5, 5.41) is 3.94. The van der Waals surface area contributed by atoms with Gasteiger partial charge in [0.1, 0.15) is 5.82 Å². The third kappa shape index (κ3) is 1.93. The Hall–Kier alpha value is -1.99. The Morgan fingerprint density at radius 2 is 2.06 bits per heavy atom. The molecule has 1 aromatic heterocycles. The number of aryl methyl sites for hydroxylation is 1. The largest absolute Gasteiger partial charge is 0.384 e. The van der Waals surface area contributed by atoms with Gasteiger partial charge in [-0.15, -0.1) is 0 Å². The SMILES string of the molecule is Cn1ncc(C(NN)c2cccc(F)c2F)c1N. The number of nitrogens with zero attached hydrogens (tertiary/aromatic N) is 2. The summed E-state index contributed by atoms with van der Waals surface area (Å²) in [5.74, 6) is 3.85. The van der Waals surface area contributed by atoms with Gasteiger partial charge in [-0.1, -0.05) is 12.1 Å². The first kappa shape index (κ1) is 12.5. The number of nitrogens with two attached hydrogens (primary N) is 2. The topological polar surface area (TPSA) is 81.9 Å². The van der Waals surface area contributed by atoms with Crippen LogP contribution in [-0.2, 0) is 7.05 Å². The zero-order chi connectivity index (χ0) is 13.3. The van der Waals surface area contributed by atoms with E-state index in [1.54, 1.807) is 7.05 Å². The summed E-state index contributed by atoms with van der Waals surface area (Å²) in [5.41, 5.74) is 8.78. The predicted molar refractivity (Wildman–Crippen MR) is 63.1 cm³/mol. The van der Waals surface area contributed by atoms with E-state index >= 15 is 0 Å². The van der Waals surface area contributed by atoms with Crippen molar-refractivity contribution in [3.05, 3.63) is 47.2 Å². The molecule has 0 aliphatic carbocycles. The number of hydrazine groups is 1. The van der Waals surface area contributed by atoms with Gasteiger partial charge in [-0.25, -0.2) is 14.2 Å². The van der Waals surface area contributed by atoms with E-state index in [4.69, 9.17) is 11.6 Å². The van der Waals surface area contributed by atoms with Crippen LogP contribution in [0.15, 0.2) is 24.4 Å². The van der Waals surface area contributed by atoms with Crippen molar-refractivity contribution < 1.29 is 8.78 Å². The summed E-state index contributed by atoms with van der Waals surface area (Å²) >= 11 is 0. The highest BCUT2D eigenvalue weighted by Crippen LogP contribution is 2.28. The van der Waals surface area contributed by atoms with Gasteiger partial charge in [-0.05, 0) is 6.07 Å². The molecular formula is C11H13F2N5. The Morgan fingerprint density at radius 3 is 2.61 bits per heavy atom. The van der Waals surface area contributed by atoms with Crippen molar-refractivity contribution in [3.8, 4) is 0 Å². The zero-order valence-electron chi connectivity index (χ0n) is 9.69. The Kier molecular flexibility index (Phi) is 3.26. The van der Waals surface area contributed by atoms with E-state index in [1.807, 2.05) is 0 Å². The van der Waals surface area contributed by atoms with Gasteiger partial charge in [0.25, 0.3) is 0 Å². The first-order chi connectivity index (χ1) is 8.56. The van der Waals surface area contributed by atoms with Crippen molar-refractivity contribution in [1.29, 1.82) is 0 Å². The highest BCUT2D eigenvalue weighted by atomic mass is 19.2. The second-order valence-corrected chi connectivity index (χ2v) is 3.85. The predicted octanol–water partition coefficient (Wildman–Crippen LogP) is 0.833. The fourth-order valence-corrected chi connectivity index (χ4v) is 1.78.